The first-order valence-electron chi connectivity index (χ1n) is 3.35. The quantitative estimate of drug-likeness (QED) is 0.368. The summed E-state index contributed by atoms with van der Waals surface area (Å²) < 4.78 is 0. The Bertz CT molecular complexity index is 174. The predicted octanol–water partition coefficient (Wildman–Crippen LogP) is 0.451. The van der Waals surface area contributed by atoms with Crippen LogP contribution in [0.25, 0.3) is 0 Å². The van der Waals surface area contributed by atoms with Gasteiger partial charge < -0.3 is 5.32 Å². The molecule has 2 aliphatic rings. The van der Waals surface area contributed by atoms with Gasteiger partial charge in [-0.15, -0.1) is 0 Å². The lowest BCUT2D eigenvalue weighted by Crippen LogP contribution is -2.57. The zero-order valence-electron chi connectivity index (χ0n) is 5.13. The van der Waals surface area contributed by atoms with Crippen molar-refractivity contribution in [2.75, 3.05) is 0 Å². The maximum Gasteiger partial charge on any atom is 0.229 e. The van der Waals surface area contributed by atoms with Gasteiger partial charge in [-0.25, -0.2) is 0 Å². The summed E-state index contributed by atoms with van der Waals surface area (Å²) in [5.74, 6) is 0.426. The van der Waals surface area contributed by atoms with E-state index in [0.29, 0.717) is 6.04 Å². The van der Waals surface area contributed by atoms with Gasteiger partial charge in [0.25, 0.3) is 0 Å². The van der Waals surface area contributed by atoms with Crippen LogP contribution < -0.4 is 5.32 Å². The molecule has 0 unspecified atom stereocenters. The van der Waals surface area contributed by atoms with Crippen molar-refractivity contribution in [3.63, 3.8) is 0 Å². The van der Waals surface area contributed by atoms with Crippen molar-refractivity contribution in [1.82, 2.24) is 5.32 Å². The normalized spacial score (nSPS) is 38.9. The number of β-lactam (4-membered cyclic amide) rings is 1. The van der Waals surface area contributed by atoms with Crippen molar-refractivity contribution in [2.24, 2.45) is 5.92 Å². The van der Waals surface area contributed by atoms with Crippen LogP contribution in [0.2, 0.25) is 0 Å². The molecule has 9 heavy (non-hydrogen) atoms. The number of rotatable bonds is 0. The molecule has 1 aliphatic heterocycles. The smallest absolute Gasteiger partial charge is 0.229 e. The highest BCUT2D eigenvalue weighted by Crippen LogP contribution is 2.24. The third kappa shape index (κ3) is 0.590. The molecule has 0 aromatic rings. The Morgan fingerprint density at radius 1 is 1.67 bits per heavy atom. The highest BCUT2D eigenvalue weighted by Gasteiger charge is 2.37. The second kappa shape index (κ2) is 1.59. The lowest BCUT2D eigenvalue weighted by molar-refractivity contribution is -0.132. The highest BCUT2D eigenvalue weighted by atomic mass is 16.2. The van der Waals surface area contributed by atoms with E-state index in [-0.39, 0.29) is 11.8 Å². The number of nitrogens with one attached hydrogen (secondary N) is 1. The number of hydrogen-bond acceptors (Lipinski definition) is 1. The zero-order chi connectivity index (χ0) is 6.27. The molecule has 2 heteroatoms. The Kier molecular flexibility index (Phi) is 0.891. The van der Waals surface area contributed by atoms with Crippen LogP contribution >= 0.6 is 0 Å². The molecule has 1 aliphatic carbocycles. The largest absolute Gasteiger partial charge is 0.352 e. The van der Waals surface area contributed by atoms with E-state index in [1.54, 1.807) is 0 Å². The minimum Gasteiger partial charge on any atom is -0.352 e. The van der Waals surface area contributed by atoms with E-state index in [1.807, 2.05) is 6.08 Å². The summed E-state index contributed by atoms with van der Waals surface area (Å²) in [6.45, 7) is 0. The summed E-state index contributed by atoms with van der Waals surface area (Å²) in [4.78, 5) is 10.7. The van der Waals surface area contributed by atoms with Crippen LogP contribution in [0.3, 0.4) is 0 Å². The van der Waals surface area contributed by atoms with Crippen molar-refractivity contribution in [3.8, 4) is 0 Å². The minimum absolute atomic E-state index is 0.205. The van der Waals surface area contributed by atoms with E-state index < -0.39 is 0 Å². The number of carbonyl (C=O) groups is 1. The van der Waals surface area contributed by atoms with Crippen LogP contribution in [-0.2, 0) is 4.79 Å². The first kappa shape index (κ1) is 5.03. The molecule has 2 atom stereocenters. The fourth-order valence-corrected chi connectivity index (χ4v) is 1.45. The third-order valence-electron chi connectivity index (χ3n) is 2.05. The zero-order valence-corrected chi connectivity index (χ0v) is 5.13. The van der Waals surface area contributed by atoms with Crippen LogP contribution in [0, 0.1) is 5.92 Å². The molecule has 1 heterocycles. The van der Waals surface area contributed by atoms with E-state index in [1.165, 1.54) is 0 Å². The summed E-state index contributed by atoms with van der Waals surface area (Å²) in [6, 6.07) is 0.475. The number of fused-ring (bicyclic) bond motifs is 1. The molecule has 1 amide bonds. The van der Waals surface area contributed by atoms with Gasteiger partial charge >= 0.3 is 0 Å². The van der Waals surface area contributed by atoms with Crippen LogP contribution in [-0.4, -0.2) is 11.9 Å². The second-order valence-electron chi connectivity index (χ2n) is 2.65. The summed E-state index contributed by atoms with van der Waals surface area (Å²) in [5, 5.41) is 2.85. The minimum atomic E-state index is 0.205. The van der Waals surface area contributed by atoms with E-state index in [2.05, 4.69) is 11.4 Å². The molecule has 0 radical (unpaired) electrons. The molecular formula is C7H9NO. The molecular weight excluding hydrogens is 114 g/mol. The molecule has 0 bridgehead atoms. The van der Waals surface area contributed by atoms with E-state index in [4.69, 9.17) is 0 Å². The van der Waals surface area contributed by atoms with Gasteiger partial charge in [-0.3, -0.25) is 4.79 Å². The van der Waals surface area contributed by atoms with Gasteiger partial charge in [-0.05, 0) is 12.8 Å². The van der Waals surface area contributed by atoms with Crippen molar-refractivity contribution in [3.05, 3.63) is 12.2 Å². The van der Waals surface area contributed by atoms with Crippen molar-refractivity contribution < 1.29 is 4.79 Å². The monoisotopic (exact) mass is 123 g/mol. The Morgan fingerprint density at radius 2 is 2.56 bits per heavy atom. The first-order valence-corrected chi connectivity index (χ1v) is 3.35. The molecule has 0 aromatic heterocycles. The standard InChI is InChI=1S/C7H9NO/c9-7-5-3-1-2-4-6(5)8-7/h1,3,5-6H,2,4H2,(H,8,9)/t5-,6+/m1/s1. The van der Waals surface area contributed by atoms with Crippen LogP contribution in [0.1, 0.15) is 12.8 Å². The SMILES string of the molecule is O=C1N[C@H]2CCC=C[C@@H]12. The summed E-state index contributed by atoms with van der Waals surface area (Å²) in [7, 11) is 0. The lowest BCUT2D eigenvalue weighted by atomic mass is 9.83. The van der Waals surface area contributed by atoms with Gasteiger partial charge in [-0.1, -0.05) is 12.2 Å². The van der Waals surface area contributed by atoms with Gasteiger partial charge in [0, 0.05) is 6.04 Å². The van der Waals surface area contributed by atoms with Crippen LogP contribution in [0.4, 0.5) is 0 Å². The Labute approximate surface area is 53.9 Å². The molecule has 1 N–H and O–H groups in total. The fraction of sp³-hybridized carbons (Fsp3) is 0.571. The molecule has 1 saturated heterocycles. The van der Waals surface area contributed by atoms with Crippen molar-refractivity contribution in [2.45, 2.75) is 18.9 Å². The summed E-state index contributed by atoms with van der Waals surface area (Å²) in [6.07, 6.45) is 6.38. The van der Waals surface area contributed by atoms with Crippen molar-refractivity contribution in [1.29, 1.82) is 0 Å². The van der Waals surface area contributed by atoms with Gasteiger partial charge in [0.15, 0.2) is 0 Å². The first-order chi connectivity index (χ1) is 4.38. The van der Waals surface area contributed by atoms with E-state index >= 15 is 0 Å². The maximum absolute atomic E-state index is 10.7. The number of amides is 1. The molecule has 1 fully saturated rings. The number of allylic oxidation sites excluding steroid dienone is 1. The Morgan fingerprint density at radius 3 is 3.11 bits per heavy atom. The Balaban J connectivity index is 2.16. The molecule has 2 nitrogen and oxygen atoms in total. The van der Waals surface area contributed by atoms with Gasteiger partial charge in [0.2, 0.25) is 5.91 Å². The van der Waals surface area contributed by atoms with Crippen LogP contribution in [0.5, 0.6) is 0 Å². The predicted molar refractivity (Wildman–Crippen MR) is 33.8 cm³/mol. The molecule has 48 valence electrons. The number of carbonyl (C=O) groups excluding carboxylic acids is 1. The van der Waals surface area contributed by atoms with Crippen LogP contribution in [0.15, 0.2) is 12.2 Å². The fourth-order valence-electron chi connectivity index (χ4n) is 1.45. The maximum atomic E-state index is 10.7. The van der Waals surface area contributed by atoms with E-state index in [9.17, 15) is 4.79 Å². The van der Waals surface area contributed by atoms with Gasteiger partial charge in [0.1, 0.15) is 0 Å². The third-order valence-corrected chi connectivity index (χ3v) is 2.05. The topological polar surface area (TPSA) is 29.1 Å². The molecule has 0 spiro atoms. The summed E-state index contributed by atoms with van der Waals surface area (Å²) in [5.41, 5.74) is 0. The number of hydrogen-bond donors (Lipinski definition) is 1. The van der Waals surface area contributed by atoms with E-state index in [0.717, 1.165) is 12.8 Å². The lowest BCUT2D eigenvalue weighted by Gasteiger charge is -2.36. The second-order valence-corrected chi connectivity index (χ2v) is 2.65. The Hall–Kier alpha value is -0.790. The van der Waals surface area contributed by atoms with Gasteiger partial charge in [-0.2, -0.15) is 0 Å². The average Bonchev–Trinajstić information content (AvgIpc) is 1.86. The highest BCUT2D eigenvalue weighted by molar-refractivity contribution is 5.87. The average molecular weight is 123 g/mol. The summed E-state index contributed by atoms with van der Waals surface area (Å²) >= 11 is 0. The van der Waals surface area contributed by atoms with Gasteiger partial charge in [0.05, 0.1) is 5.92 Å². The van der Waals surface area contributed by atoms with Crippen molar-refractivity contribution >= 4 is 5.91 Å². The molecule has 0 saturated carbocycles. The molecule has 2 rings (SSSR count). The molecule has 0 aromatic carbocycles.